The lowest BCUT2D eigenvalue weighted by atomic mass is 10.1. The molecule has 1 aliphatic heterocycles. The van der Waals surface area contributed by atoms with Crippen molar-refractivity contribution in [2.45, 2.75) is 46.1 Å². The van der Waals surface area contributed by atoms with Crippen LogP contribution in [-0.2, 0) is 17.8 Å². The summed E-state index contributed by atoms with van der Waals surface area (Å²) in [6.07, 6.45) is 0.577. The van der Waals surface area contributed by atoms with Crippen LogP contribution in [0.3, 0.4) is 0 Å². The highest BCUT2D eigenvalue weighted by molar-refractivity contribution is 5.93. The number of aliphatic imine (C=N–C) groups is 1. The van der Waals surface area contributed by atoms with Crippen molar-refractivity contribution in [3.8, 4) is 11.5 Å². The van der Waals surface area contributed by atoms with Crippen molar-refractivity contribution in [2.75, 3.05) is 39.2 Å². The zero-order valence-corrected chi connectivity index (χ0v) is 19.9. The largest absolute Gasteiger partial charge is 0.493 e. The fraction of sp³-hybridized carbons (Fsp3) is 0.480. The predicted molar refractivity (Wildman–Crippen MR) is 130 cm³/mol. The average molecular weight is 441 g/mol. The molecule has 32 heavy (non-hydrogen) atoms. The van der Waals surface area contributed by atoms with Gasteiger partial charge in [-0.15, -0.1) is 0 Å². The van der Waals surface area contributed by atoms with E-state index in [2.05, 4.69) is 58.6 Å². The van der Waals surface area contributed by atoms with Crippen molar-refractivity contribution in [2.24, 2.45) is 4.99 Å². The normalized spacial score (nSPS) is 19.5. The molecule has 174 valence electrons. The fourth-order valence-electron chi connectivity index (χ4n) is 3.96. The third-order valence-electron chi connectivity index (χ3n) is 5.33. The molecular formula is C25H36N4O3. The van der Waals surface area contributed by atoms with Crippen LogP contribution in [0.15, 0.2) is 47.5 Å². The molecule has 2 aromatic carbocycles. The van der Waals surface area contributed by atoms with Crippen LogP contribution in [0, 0.1) is 0 Å². The summed E-state index contributed by atoms with van der Waals surface area (Å²) in [5.74, 6) is 2.10. The number of hydrogen-bond acceptors (Lipinski definition) is 5. The zero-order chi connectivity index (χ0) is 22.9. The van der Waals surface area contributed by atoms with Gasteiger partial charge < -0.3 is 24.8 Å². The van der Waals surface area contributed by atoms with Crippen LogP contribution < -0.4 is 20.1 Å². The number of nitrogens with one attached hydrogen (secondary N) is 2. The number of rotatable bonds is 8. The molecule has 0 spiro atoms. The summed E-state index contributed by atoms with van der Waals surface area (Å²) in [6.45, 7) is 10.4. The number of guanidine groups is 1. The highest BCUT2D eigenvalue weighted by Crippen LogP contribution is 2.30. The minimum atomic E-state index is 0.289. The van der Waals surface area contributed by atoms with E-state index in [1.165, 1.54) is 11.1 Å². The van der Waals surface area contributed by atoms with Gasteiger partial charge in [0.25, 0.3) is 0 Å². The molecule has 0 aliphatic carbocycles. The van der Waals surface area contributed by atoms with Crippen LogP contribution in [0.4, 0.5) is 5.69 Å². The molecule has 0 aromatic heterocycles. The van der Waals surface area contributed by atoms with Gasteiger partial charge in [0.15, 0.2) is 17.5 Å². The molecule has 1 saturated heterocycles. The van der Waals surface area contributed by atoms with Crippen LogP contribution in [0.25, 0.3) is 0 Å². The standard InChI is InChI=1S/C25H36N4O3/c1-6-31-23-12-11-22(13-24(23)30-5)28-25(26-4)27-14-20-7-9-21(10-8-20)17-29-15-18(2)32-19(3)16-29/h7-13,18-19H,6,14-17H2,1-5H3,(H2,26,27,28). The summed E-state index contributed by atoms with van der Waals surface area (Å²) in [4.78, 5) is 6.79. The van der Waals surface area contributed by atoms with Gasteiger partial charge in [-0.1, -0.05) is 24.3 Å². The maximum Gasteiger partial charge on any atom is 0.195 e. The number of nitrogens with zero attached hydrogens (tertiary/aromatic N) is 2. The molecule has 2 atom stereocenters. The number of methoxy groups -OCH3 is 1. The number of ether oxygens (including phenoxy) is 3. The first-order valence-electron chi connectivity index (χ1n) is 11.2. The van der Waals surface area contributed by atoms with Crippen molar-refractivity contribution < 1.29 is 14.2 Å². The Morgan fingerprint density at radius 2 is 1.75 bits per heavy atom. The molecular weight excluding hydrogens is 404 g/mol. The summed E-state index contributed by atoms with van der Waals surface area (Å²) in [6, 6.07) is 14.5. The van der Waals surface area contributed by atoms with Crippen molar-refractivity contribution >= 4 is 11.6 Å². The first-order valence-corrected chi connectivity index (χ1v) is 11.2. The summed E-state index contributed by atoms with van der Waals surface area (Å²) >= 11 is 0. The molecule has 0 saturated carbocycles. The van der Waals surface area contributed by atoms with Crippen molar-refractivity contribution in [1.29, 1.82) is 0 Å². The number of anilines is 1. The second kappa shape index (κ2) is 11.7. The Balaban J connectivity index is 1.53. The minimum Gasteiger partial charge on any atom is -0.493 e. The Morgan fingerprint density at radius 3 is 2.38 bits per heavy atom. The molecule has 2 unspecified atom stereocenters. The van der Waals surface area contributed by atoms with E-state index >= 15 is 0 Å². The van der Waals surface area contributed by atoms with E-state index in [1.807, 2.05) is 25.1 Å². The smallest absolute Gasteiger partial charge is 0.195 e. The Hall–Kier alpha value is -2.77. The van der Waals surface area contributed by atoms with E-state index in [0.717, 1.165) is 31.1 Å². The molecule has 0 amide bonds. The van der Waals surface area contributed by atoms with Crippen LogP contribution >= 0.6 is 0 Å². The Bertz CT molecular complexity index is 875. The maximum absolute atomic E-state index is 5.83. The molecule has 1 fully saturated rings. The average Bonchev–Trinajstić information content (AvgIpc) is 2.78. The van der Waals surface area contributed by atoms with E-state index in [-0.39, 0.29) is 12.2 Å². The summed E-state index contributed by atoms with van der Waals surface area (Å²) in [5, 5.41) is 6.67. The third-order valence-corrected chi connectivity index (χ3v) is 5.33. The van der Waals surface area contributed by atoms with E-state index in [1.54, 1.807) is 14.2 Å². The molecule has 3 rings (SSSR count). The Labute approximate surface area is 191 Å². The topological polar surface area (TPSA) is 67.4 Å². The van der Waals surface area contributed by atoms with E-state index in [0.29, 0.717) is 24.9 Å². The zero-order valence-electron chi connectivity index (χ0n) is 19.9. The Morgan fingerprint density at radius 1 is 1.06 bits per heavy atom. The predicted octanol–water partition coefficient (Wildman–Crippen LogP) is 3.89. The second-order valence-electron chi connectivity index (χ2n) is 8.12. The van der Waals surface area contributed by atoms with Crippen molar-refractivity contribution in [3.63, 3.8) is 0 Å². The molecule has 1 heterocycles. The van der Waals surface area contributed by atoms with Gasteiger partial charge in [0.2, 0.25) is 0 Å². The lowest BCUT2D eigenvalue weighted by molar-refractivity contribution is -0.0704. The first kappa shape index (κ1) is 23.9. The maximum atomic E-state index is 5.83. The molecule has 2 aromatic rings. The van der Waals surface area contributed by atoms with Gasteiger partial charge in [-0.2, -0.15) is 0 Å². The molecule has 1 aliphatic rings. The molecule has 7 nitrogen and oxygen atoms in total. The number of benzene rings is 2. The number of morpholine rings is 1. The molecule has 0 radical (unpaired) electrons. The summed E-state index contributed by atoms with van der Waals surface area (Å²) in [5.41, 5.74) is 3.39. The van der Waals surface area contributed by atoms with E-state index in [9.17, 15) is 0 Å². The van der Waals surface area contributed by atoms with E-state index < -0.39 is 0 Å². The quantitative estimate of drug-likeness (QED) is 0.480. The van der Waals surface area contributed by atoms with Crippen LogP contribution in [0.1, 0.15) is 31.9 Å². The Kier molecular flexibility index (Phi) is 8.76. The molecule has 7 heteroatoms. The summed E-state index contributed by atoms with van der Waals surface area (Å²) < 4.78 is 16.8. The van der Waals surface area contributed by atoms with Gasteiger partial charge in [-0.25, -0.2) is 0 Å². The van der Waals surface area contributed by atoms with Gasteiger partial charge in [-0.3, -0.25) is 9.89 Å². The lowest BCUT2D eigenvalue weighted by Crippen LogP contribution is -2.44. The van der Waals surface area contributed by atoms with Gasteiger partial charge in [0.1, 0.15) is 0 Å². The van der Waals surface area contributed by atoms with Gasteiger partial charge in [-0.05, 0) is 44.0 Å². The van der Waals surface area contributed by atoms with Crippen LogP contribution in [0.5, 0.6) is 11.5 Å². The van der Waals surface area contributed by atoms with Gasteiger partial charge in [0, 0.05) is 45.0 Å². The molecule has 2 N–H and O–H groups in total. The lowest BCUT2D eigenvalue weighted by Gasteiger charge is -2.35. The SMILES string of the molecule is CCOc1ccc(NC(=NC)NCc2ccc(CN3CC(C)OC(C)C3)cc2)cc1OC. The van der Waals surface area contributed by atoms with E-state index in [4.69, 9.17) is 14.2 Å². The molecule has 0 bridgehead atoms. The first-order chi connectivity index (χ1) is 15.5. The van der Waals surface area contributed by atoms with Crippen LogP contribution in [0.2, 0.25) is 0 Å². The third kappa shape index (κ3) is 6.87. The number of hydrogen-bond donors (Lipinski definition) is 2. The van der Waals surface area contributed by atoms with Gasteiger partial charge >= 0.3 is 0 Å². The second-order valence-corrected chi connectivity index (χ2v) is 8.12. The van der Waals surface area contributed by atoms with Crippen molar-refractivity contribution in [3.05, 3.63) is 53.6 Å². The summed E-state index contributed by atoms with van der Waals surface area (Å²) in [7, 11) is 3.40. The fourth-order valence-corrected chi connectivity index (χ4v) is 3.96. The highest BCUT2D eigenvalue weighted by atomic mass is 16.5. The van der Waals surface area contributed by atoms with Gasteiger partial charge in [0.05, 0.1) is 25.9 Å². The monoisotopic (exact) mass is 440 g/mol. The minimum absolute atomic E-state index is 0.289. The van der Waals surface area contributed by atoms with Crippen molar-refractivity contribution in [1.82, 2.24) is 10.2 Å². The van der Waals surface area contributed by atoms with Crippen LogP contribution in [-0.4, -0.2) is 56.9 Å². The highest BCUT2D eigenvalue weighted by Gasteiger charge is 2.21.